The monoisotopic (exact) mass is 293 g/mol. The van der Waals surface area contributed by atoms with Crippen LogP contribution in [0.5, 0.6) is 0 Å². The van der Waals surface area contributed by atoms with Crippen LogP contribution >= 0.6 is 0 Å². The predicted molar refractivity (Wildman–Crippen MR) is 85.9 cm³/mol. The Bertz CT molecular complexity index is 459. The molecule has 0 saturated carbocycles. The maximum atomic E-state index is 10.6. The van der Waals surface area contributed by atoms with Crippen LogP contribution in [0, 0.1) is 10.1 Å². The Hall–Kier alpha value is -2.31. The summed E-state index contributed by atoms with van der Waals surface area (Å²) in [5, 5.41) is 20.1. The molecule has 116 valence electrons. The molecule has 0 aliphatic heterocycles. The van der Waals surface area contributed by atoms with Crippen LogP contribution in [0.15, 0.2) is 29.3 Å². The van der Waals surface area contributed by atoms with Crippen molar-refractivity contribution in [3.63, 3.8) is 0 Å². The van der Waals surface area contributed by atoms with Crippen LogP contribution in [0.4, 0.5) is 11.4 Å². The van der Waals surface area contributed by atoms with E-state index in [1.165, 1.54) is 12.1 Å². The van der Waals surface area contributed by atoms with Gasteiger partial charge in [0, 0.05) is 44.0 Å². The summed E-state index contributed by atoms with van der Waals surface area (Å²) in [6.45, 7) is 7.15. The van der Waals surface area contributed by atoms with Gasteiger partial charge in [0.05, 0.1) is 4.92 Å². The third-order valence-electron chi connectivity index (χ3n) is 2.66. The first kappa shape index (κ1) is 16.7. The van der Waals surface area contributed by atoms with Crippen molar-refractivity contribution in [2.24, 2.45) is 4.99 Å². The number of guanidine groups is 1. The van der Waals surface area contributed by atoms with Crippen molar-refractivity contribution in [1.82, 2.24) is 10.6 Å². The van der Waals surface area contributed by atoms with Gasteiger partial charge in [-0.05, 0) is 25.5 Å². The van der Waals surface area contributed by atoms with Gasteiger partial charge in [-0.15, -0.1) is 0 Å². The molecule has 0 aliphatic carbocycles. The maximum absolute atomic E-state index is 10.6. The topological polar surface area (TPSA) is 91.6 Å². The SMILES string of the molecule is CCCN=C(NCC)NCCNc1ccc([N+](=O)[O-])cc1. The van der Waals surface area contributed by atoms with Gasteiger partial charge in [0.2, 0.25) is 0 Å². The second-order valence-electron chi connectivity index (χ2n) is 4.42. The number of nitrogens with zero attached hydrogens (tertiary/aromatic N) is 2. The largest absolute Gasteiger partial charge is 0.383 e. The number of benzene rings is 1. The van der Waals surface area contributed by atoms with Gasteiger partial charge in [0.15, 0.2) is 5.96 Å². The predicted octanol–water partition coefficient (Wildman–Crippen LogP) is 1.97. The van der Waals surface area contributed by atoms with E-state index in [2.05, 4.69) is 27.9 Å². The van der Waals surface area contributed by atoms with E-state index in [0.717, 1.165) is 31.2 Å². The van der Waals surface area contributed by atoms with Crippen molar-refractivity contribution in [2.75, 3.05) is 31.5 Å². The molecule has 1 aromatic rings. The number of aliphatic imine (C=N–C) groups is 1. The van der Waals surface area contributed by atoms with Crippen molar-refractivity contribution in [3.05, 3.63) is 34.4 Å². The smallest absolute Gasteiger partial charge is 0.269 e. The lowest BCUT2D eigenvalue weighted by Gasteiger charge is -2.12. The van der Waals surface area contributed by atoms with Crippen molar-refractivity contribution >= 4 is 17.3 Å². The first-order valence-electron chi connectivity index (χ1n) is 7.17. The molecule has 0 amide bonds. The molecule has 0 unspecified atom stereocenters. The van der Waals surface area contributed by atoms with Gasteiger partial charge in [-0.3, -0.25) is 15.1 Å². The van der Waals surface area contributed by atoms with Crippen molar-refractivity contribution in [1.29, 1.82) is 0 Å². The lowest BCUT2D eigenvalue weighted by atomic mass is 10.3. The molecule has 0 spiro atoms. The Balaban J connectivity index is 2.33. The van der Waals surface area contributed by atoms with E-state index >= 15 is 0 Å². The minimum absolute atomic E-state index is 0.0970. The van der Waals surface area contributed by atoms with Gasteiger partial charge in [-0.2, -0.15) is 0 Å². The number of nitro groups is 1. The average Bonchev–Trinajstić information content (AvgIpc) is 2.49. The molecule has 7 heteroatoms. The summed E-state index contributed by atoms with van der Waals surface area (Å²) in [5.74, 6) is 0.810. The Morgan fingerprint density at radius 3 is 2.48 bits per heavy atom. The summed E-state index contributed by atoms with van der Waals surface area (Å²) in [6.07, 6.45) is 1.01. The summed E-state index contributed by atoms with van der Waals surface area (Å²) in [5.41, 5.74) is 0.956. The lowest BCUT2D eigenvalue weighted by molar-refractivity contribution is -0.384. The normalized spacial score (nSPS) is 11.0. The number of nitrogens with one attached hydrogen (secondary N) is 3. The first-order chi connectivity index (χ1) is 10.2. The Morgan fingerprint density at radius 2 is 1.90 bits per heavy atom. The minimum Gasteiger partial charge on any atom is -0.383 e. The lowest BCUT2D eigenvalue weighted by Crippen LogP contribution is -2.39. The van der Waals surface area contributed by atoms with E-state index in [1.807, 2.05) is 6.92 Å². The minimum atomic E-state index is -0.405. The van der Waals surface area contributed by atoms with E-state index in [4.69, 9.17) is 0 Å². The van der Waals surface area contributed by atoms with Crippen LogP contribution in [0.1, 0.15) is 20.3 Å². The van der Waals surface area contributed by atoms with Gasteiger partial charge in [-0.1, -0.05) is 6.92 Å². The van der Waals surface area contributed by atoms with E-state index in [9.17, 15) is 10.1 Å². The molecule has 0 saturated heterocycles. The fourth-order valence-electron chi connectivity index (χ4n) is 1.65. The molecule has 0 aromatic heterocycles. The third kappa shape index (κ3) is 6.60. The molecule has 1 aromatic carbocycles. The number of anilines is 1. The standard InChI is InChI=1S/C14H23N5O2/c1-3-9-17-14(15-4-2)18-11-10-16-12-5-7-13(8-6-12)19(20)21/h5-8,16H,3-4,9-11H2,1-2H3,(H2,15,17,18). The molecule has 7 nitrogen and oxygen atoms in total. The number of hydrogen-bond acceptors (Lipinski definition) is 4. The highest BCUT2D eigenvalue weighted by Crippen LogP contribution is 2.14. The van der Waals surface area contributed by atoms with Gasteiger partial charge >= 0.3 is 0 Å². The molecule has 0 atom stereocenters. The van der Waals surface area contributed by atoms with Crippen LogP contribution in [-0.2, 0) is 0 Å². The molecule has 21 heavy (non-hydrogen) atoms. The van der Waals surface area contributed by atoms with E-state index < -0.39 is 4.92 Å². The molecule has 1 rings (SSSR count). The number of rotatable bonds is 8. The van der Waals surface area contributed by atoms with E-state index in [-0.39, 0.29) is 5.69 Å². The summed E-state index contributed by atoms with van der Waals surface area (Å²) in [7, 11) is 0. The second kappa shape index (κ2) is 9.57. The Morgan fingerprint density at radius 1 is 1.19 bits per heavy atom. The average molecular weight is 293 g/mol. The highest BCUT2D eigenvalue weighted by atomic mass is 16.6. The molecule has 3 N–H and O–H groups in total. The third-order valence-corrected chi connectivity index (χ3v) is 2.66. The maximum Gasteiger partial charge on any atom is 0.269 e. The highest BCUT2D eigenvalue weighted by Gasteiger charge is 2.03. The summed E-state index contributed by atoms with van der Waals surface area (Å²) in [4.78, 5) is 14.5. The van der Waals surface area contributed by atoms with Crippen LogP contribution in [0.2, 0.25) is 0 Å². The zero-order valence-corrected chi connectivity index (χ0v) is 12.6. The number of non-ortho nitro benzene ring substituents is 1. The Kier molecular flexibility index (Phi) is 7.63. The van der Waals surface area contributed by atoms with Crippen molar-refractivity contribution in [2.45, 2.75) is 20.3 Å². The van der Waals surface area contributed by atoms with Crippen LogP contribution < -0.4 is 16.0 Å². The number of hydrogen-bond donors (Lipinski definition) is 3. The molecular formula is C14H23N5O2. The molecule has 0 bridgehead atoms. The summed E-state index contributed by atoms with van der Waals surface area (Å²) >= 11 is 0. The molecule has 0 radical (unpaired) electrons. The fraction of sp³-hybridized carbons (Fsp3) is 0.500. The zero-order chi connectivity index (χ0) is 15.5. The number of nitro benzene ring substituents is 1. The quantitative estimate of drug-likeness (QED) is 0.224. The molecular weight excluding hydrogens is 270 g/mol. The molecule has 0 heterocycles. The molecule has 0 aliphatic rings. The highest BCUT2D eigenvalue weighted by molar-refractivity contribution is 5.79. The second-order valence-corrected chi connectivity index (χ2v) is 4.42. The molecule has 0 fully saturated rings. The van der Waals surface area contributed by atoms with Gasteiger partial charge in [-0.25, -0.2) is 0 Å². The first-order valence-corrected chi connectivity index (χ1v) is 7.17. The van der Waals surface area contributed by atoms with Crippen LogP contribution in [0.25, 0.3) is 0 Å². The summed E-state index contributed by atoms with van der Waals surface area (Å²) in [6, 6.07) is 6.38. The van der Waals surface area contributed by atoms with Gasteiger partial charge in [0.25, 0.3) is 5.69 Å². The van der Waals surface area contributed by atoms with Crippen LogP contribution in [0.3, 0.4) is 0 Å². The van der Waals surface area contributed by atoms with Crippen molar-refractivity contribution < 1.29 is 4.92 Å². The fourth-order valence-corrected chi connectivity index (χ4v) is 1.65. The van der Waals surface area contributed by atoms with E-state index in [0.29, 0.717) is 13.1 Å². The summed E-state index contributed by atoms with van der Waals surface area (Å²) < 4.78 is 0. The Labute approximate surface area is 125 Å². The zero-order valence-electron chi connectivity index (χ0n) is 12.6. The van der Waals surface area contributed by atoms with Gasteiger partial charge < -0.3 is 16.0 Å². The van der Waals surface area contributed by atoms with Crippen LogP contribution in [-0.4, -0.2) is 37.1 Å². The van der Waals surface area contributed by atoms with Crippen molar-refractivity contribution in [3.8, 4) is 0 Å². The van der Waals surface area contributed by atoms with E-state index in [1.54, 1.807) is 12.1 Å². The van der Waals surface area contributed by atoms with Gasteiger partial charge in [0.1, 0.15) is 0 Å².